The van der Waals surface area contributed by atoms with E-state index >= 15 is 0 Å². The van der Waals surface area contributed by atoms with E-state index in [4.69, 9.17) is 47.4 Å². The topological polar surface area (TPSA) is 92.3 Å². The van der Waals surface area contributed by atoms with Gasteiger partial charge in [-0.25, -0.2) is 0 Å². The molecule has 51 heavy (non-hydrogen) atoms. The molecule has 2 aliphatic heterocycles. The molecule has 10 nitrogen and oxygen atoms in total. The van der Waals surface area contributed by atoms with Crippen molar-refractivity contribution in [1.29, 1.82) is 0 Å². The van der Waals surface area contributed by atoms with Gasteiger partial charge in [0, 0.05) is 28.4 Å². The van der Waals surface area contributed by atoms with Crippen LogP contribution < -0.4 is 0 Å². The standard InChI is InChI=1S/C38H47F3O10/c1-42-23-28-31(43-2)33(44-3)30(38(39,40)41)36(50-28)49-24-29-32(46-20-25-14-8-5-9-15-25)34(47-21-26-16-10-6-11-17-26)35(37(45-4)51-29)48-22-27-18-12-7-13-19-27/h5-19,28-37H,20-24H2,1-4H3/t28-,29-,30+,31-,32-,33-,34?,35-,36?,37+/m1/s1. The molecule has 0 amide bonds. The quantitative estimate of drug-likeness (QED) is 0.173. The van der Waals surface area contributed by atoms with Crippen molar-refractivity contribution in [3.05, 3.63) is 108 Å². The van der Waals surface area contributed by atoms with Gasteiger partial charge in [0.25, 0.3) is 0 Å². The maximum absolute atomic E-state index is 14.7. The predicted octanol–water partition coefficient (Wildman–Crippen LogP) is 5.71. The van der Waals surface area contributed by atoms with Crippen molar-refractivity contribution >= 4 is 0 Å². The molecule has 0 saturated carbocycles. The average molecular weight is 721 g/mol. The lowest BCUT2D eigenvalue weighted by Gasteiger charge is -2.47. The second-order valence-corrected chi connectivity index (χ2v) is 12.4. The second-order valence-electron chi connectivity index (χ2n) is 12.4. The Bertz CT molecular complexity index is 1400. The minimum atomic E-state index is -4.76. The summed E-state index contributed by atoms with van der Waals surface area (Å²) in [6.07, 6.45) is -14.4. The molecule has 3 aromatic rings. The van der Waals surface area contributed by atoms with Crippen LogP contribution >= 0.6 is 0 Å². The number of ether oxygens (including phenoxy) is 10. The van der Waals surface area contributed by atoms with Crippen LogP contribution in [0.25, 0.3) is 0 Å². The summed E-state index contributed by atoms with van der Waals surface area (Å²) in [6.45, 7) is 0.145. The minimum absolute atomic E-state index is 0.0485. The van der Waals surface area contributed by atoms with E-state index in [1.165, 1.54) is 28.4 Å². The first-order valence-electron chi connectivity index (χ1n) is 16.8. The van der Waals surface area contributed by atoms with E-state index in [0.29, 0.717) is 0 Å². The Morgan fingerprint density at radius 3 is 1.39 bits per heavy atom. The first-order valence-corrected chi connectivity index (χ1v) is 16.8. The van der Waals surface area contributed by atoms with E-state index in [2.05, 4.69) is 0 Å². The zero-order chi connectivity index (χ0) is 36.2. The van der Waals surface area contributed by atoms with Crippen LogP contribution in [0.2, 0.25) is 0 Å². The summed E-state index contributed by atoms with van der Waals surface area (Å²) in [5.74, 6) is -2.18. The summed E-state index contributed by atoms with van der Waals surface area (Å²) < 4.78 is 104. The van der Waals surface area contributed by atoms with Crippen LogP contribution in [0.15, 0.2) is 91.0 Å². The maximum atomic E-state index is 14.7. The highest BCUT2D eigenvalue weighted by Gasteiger charge is 2.59. The van der Waals surface area contributed by atoms with Crippen molar-refractivity contribution in [3.63, 3.8) is 0 Å². The number of rotatable bonds is 17. The first kappa shape index (κ1) is 39.3. The minimum Gasteiger partial charge on any atom is -0.382 e. The summed E-state index contributed by atoms with van der Waals surface area (Å²) in [6, 6.07) is 28.7. The molecule has 5 rings (SSSR count). The fraction of sp³-hybridized carbons (Fsp3) is 0.526. The molecule has 0 N–H and O–H groups in total. The summed E-state index contributed by atoms with van der Waals surface area (Å²) >= 11 is 0. The van der Waals surface area contributed by atoms with E-state index in [1.54, 1.807) is 0 Å². The zero-order valence-corrected chi connectivity index (χ0v) is 29.2. The van der Waals surface area contributed by atoms with Crippen LogP contribution in [0.3, 0.4) is 0 Å². The highest BCUT2D eigenvalue weighted by atomic mass is 19.4. The third-order valence-corrected chi connectivity index (χ3v) is 9.00. The van der Waals surface area contributed by atoms with E-state index < -0.39 is 67.4 Å². The lowest BCUT2D eigenvalue weighted by Crippen LogP contribution is -2.63. The van der Waals surface area contributed by atoms with E-state index in [-0.39, 0.29) is 33.0 Å². The second kappa shape index (κ2) is 19.2. The van der Waals surface area contributed by atoms with E-state index in [9.17, 15) is 13.2 Å². The van der Waals surface area contributed by atoms with Gasteiger partial charge in [-0.1, -0.05) is 91.0 Å². The van der Waals surface area contributed by atoms with Crippen molar-refractivity contribution in [2.45, 2.75) is 81.3 Å². The smallest absolute Gasteiger partial charge is 0.382 e. The Morgan fingerprint density at radius 2 is 0.941 bits per heavy atom. The predicted molar refractivity (Wildman–Crippen MR) is 178 cm³/mol. The van der Waals surface area contributed by atoms with Crippen molar-refractivity contribution in [1.82, 2.24) is 0 Å². The maximum Gasteiger partial charge on any atom is 0.399 e. The number of hydrogen-bond acceptors (Lipinski definition) is 10. The summed E-state index contributed by atoms with van der Waals surface area (Å²) in [5.41, 5.74) is 2.69. The lowest BCUT2D eigenvalue weighted by molar-refractivity contribution is -0.364. The Morgan fingerprint density at radius 1 is 0.490 bits per heavy atom. The molecule has 10 atom stereocenters. The number of halogens is 3. The molecular weight excluding hydrogens is 673 g/mol. The number of hydrogen-bond donors (Lipinski definition) is 0. The Kier molecular flexibility index (Phi) is 14.8. The van der Waals surface area contributed by atoms with Crippen molar-refractivity contribution < 1.29 is 60.5 Å². The Balaban J connectivity index is 1.45. The van der Waals surface area contributed by atoms with Gasteiger partial charge in [-0.2, -0.15) is 13.2 Å². The molecule has 3 aromatic carbocycles. The molecule has 0 aromatic heterocycles. The molecule has 2 fully saturated rings. The monoisotopic (exact) mass is 720 g/mol. The summed E-state index contributed by atoms with van der Waals surface area (Å²) in [4.78, 5) is 0. The molecular formula is C38H47F3O10. The molecule has 0 radical (unpaired) electrons. The third kappa shape index (κ3) is 10.4. The fourth-order valence-electron chi connectivity index (χ4n) is 6.51. The zero-order valence-electron chi connectivity index (χ0n) is 29.2. The first-order chi connectivity index (χ1) is 24.8. The fourth-order valence-corrected chi connectivity index (χ4v) is 6.51. The van der Waals surface area contributed by atoms with Crippen LogP contribution in [-0.2, 0) is 67.2 Å². The SMILES string of the molecule is COC[C@H]1OC(OC[C@H]2O[C@H](OC)[C@H](OCc3ccccc3)C(OCc3ccccc3)[C@@H]2OCc2ccccc2)[C@@H](C(F)(F)F)[C@@H](OC)[C@@H]1OC. The van der Waals surface area contributed by atoms with Crippen molar-refractivity contribution in [2.75, 3.05) is 41.7 Å². The largest absolute Gasteiger partial charge is 0.399 e. The van der Waals surface area contributed by atoms with Crippen LogP contribution in [0.5, 0.6) is 0 Å². The molecule has 13 heteroatoms. The molecule has 2 aliphatic rings. The highest BCUT2D eigenvalue weighted by molar-refractivity contribution is 5.16. The number of alkyl halides is 3. The van der Waals surface area contributed by atoms with Crippen LogP contribution in [-0.4, -0.2) is 103 Å². The van der Waals surface area contributed by atoms with Gasteiger partial charge in [0.1, 0.15) is 48.6 Å². The normalized spacial score (nSPS) is 29.9. The molecule has 280 valence electrons. The Hall–Kier alpha value is -2.95. The lowest BCUT2D eigenvalue weighted by atomic mass is 9.89. The van der Waals surface area contributed by atoms with Crippen LogP contribution in [0, 0.1) is 5.92 Å². The van der Waals surface area contributed by atoms with Gasteiger partial charge >= 0.3 is 6.18 Å². The molecule has 2 saturated heterocycles. The van der Waals surface area contributed by atoms with Gasteiger partial charge in [0.05, 0.1) is 33.0 Å². The number of benzene rings is 3. The number of methoxy groups -OCH3 is 4. The molecule has 2 heterocycles. The van der Waals surface area contributed by atoms with Gasteiger partial charge in [-0.15, -0.1) is 0 Å². The van der Waals surface area contributed by atoms with E-state index in [1.807, 2.05) is 91.0 Å². The molecule has 0 aliphatic carbocycles. The van der Waals surface area contributed by atoms with Crippen LogP contribution in [0.1, 0.15) is 16.7 Å². The van der Waals surface area contributed by atoms with Crippen molar-refractivity contribution in [2.24, 2.45) is 5.92 Å². The molecule has 2 unspecified atom stereocenters. The van der Waals surface area contributed by atoms with Crippen molar-refractivity contribution in [3.8, 4) is 0 Å². The average Bonchev–Trinajstić information content (AvgIpc) is 3.15. The van der Waals surface area contributed by atoms with Gasteiger partial charge < -0.3 is 47.4 Å². The summed E-state index contributed by atoms with van der Waals surface area (Å²) in [7, 11) is 5.39. The van der Waals surface area contributed by atoms with Gasteiger partial charge in [0.2, 0.25) is 0 Å². The molecule has 0 spiro atoms. The summed E-state index contributed by atoms with van der Waals surface area (Å²) in [5, 5.41) is 0. The third-order valence-electron chi connectivity index (χ3n) is 9.00. The Labute approximate surface area is 296 Å². The van der Waals surface area contributed by atoms with E-state index in [0.717, 1.165) is 16.7 Å². The molecule has 0 bridgehead atoms. The highest BCUT2D eigenvalue weighted by Crippen LogP contribution is 2.42. The van der Waals surface area contributed by atoms with Crippen LogP contribution in [0.4, 0.5) is 13.2 Å². The van der Waals surface area contributed by atoms with Gasteiger partial charge in [0.15, 0.2) is 12.6 Å². The van der Waals surface area contributed by atoms with Gasteiger partial charge in [-0.05, 0) is 16.7 Å². The van der Waals surface area contributed by atoms with Gasteiger partial charge in [-0.3, -0.25) is 0 Å².